The highest BCUT2D eigenvalue weighted by Crippen LogP contribution is 2.21. The first-order valence-corrected chi connectivity index (χ1v) is 5.07. The molecule has 2 N–H and O–H groups in total. The van der Waals surface area contributed by atoms with Crippen LogP contribution < -0.4 is 5.73 Å². The average molecular weight is 228 g/mol. The molecule has 0 radical (unpaired) electrons. The van der Waals surface area contributed by atoms with Gasteiger partial charge in [-0.1, -0.05) is 0 Å². The molecule has 1 heterocycles. The molecule has 0 bridgehead atoms. The minimum atomic E-state index is -0.873. The number of ether oxygens (including phenoxy) is 1. The van der Waals surface area contributed by atoms with Crippen LogP contribution in [0.15, 0.2) is 0 Å². The summed E-state index contributed by atoms with van der Waals surface area (Å²) in [6.07, 6.45) is -0.390. The van der Waals surface area contributed by atoms with Crippen molar-refractivity contribution in [2.45, 2.75) is 45.3 Å². The van der Waals surface area contributed by atoms with Crippen molar-refractivity contribution in [1.82, 2.24) is 4.90 Å². The van der Waals surface area contributed by atoms with Crippen LogP contribution >= 0.6 is 0 Å². The highest BCUT2D eigenvalue weighted by Gasteiger charge is 2.41. The van der Waals surface area contributed by atoms with Crippen LogP contribution in [-0.2, 0) is 14.3 Å². The summed E-state index contributed by atoms with van der Waals surface area (Å²) in [5.41, 5.74) is 4.41. The van der Waals surface area contributed by atoms with Crippen LogP contribution in [0.2, 0.25) is 0 Å². The first-order valence-electron chi connectivity index (χ1n) is 5.07. The molecule has 16 heavy (non-hydrogen) atoms. The van der Waals surface area contributed by atoms with Gasteiger partial charge in [-0.05, 0) is 27.2 Å². The summed E-state index contributed by atoms with van der Waals surface area (Å²) < 4.78 is 5.03. The van der Waals surface area contributed by atoms with Crippen LogP contribution in [0.5, 0.6) is 0 Å². The molecule has 0 saturated carbocycles. The second kappa shape index (κ2) is 4.11. The zero-order valence-corrected chi connectivity index (χ0v) is 9.65. The number of nitrogens with two attached hydrogens (primary N) is 1. The molecule has 0 aromatic heterocycles. The molecule has 90 valence electrons. The summed E-state index contributed by atoms with van der Waals surface area (Å²) in [4.78, 5) is 35.0. The molecule has 0 spiro atoms. The van der Waals surface area contributed by atoms with Crippen LogP contribution in [0.3, 0.4) is 0 Å². The van der Waals surface area contributed by atoms with Crippen LogP contribution in [0, 0.1) is 0 Å². The lowest BCUT2D eigenvalue weighted by atomic mass is 10.2. The van der Waals surface area contributed by atoms with E-state index in [1.165, 1.54) is 0 Å². The number of hydrogen-bond acceptors (Lipinski definition) is 4. The lowest BCUT2D eigenvalue weighted by molar-refractivity contribution is -0.133. The number of nitrogens with zero attached hydrogens (tertiary/aromatic N) is 1. The topological polar surface area (TPSA) is 89.7 Å². The smallest absolute Gasteiger partial charge is 0.417 e. The lowest BCUT2D eigenvalue weighted by Crippen LogP contribution is -2.47. The molecule has 1 fully saturated rings. The fourth-order valence-corrected chi connectivity index (χ4v) is 1.49. The Morgan fingerprint density at radius 1 is 1.44 bits per heavy atom. The van der Waals surface area contributed by atoms with Gasteiger partial charge in [-0.2, -0.15) is 0 Å². The molecule has 3 amide bonds. The summed E-state index contributed by atoms with van der Waals surface area (Å²) in [6.45, 7) is 5.06. The highest BCUT2D eigenvalue weighted by molar-refractivity contribution is 6.00. The SMILES string of the molecule is CC(C)(C)OC(=O)N1C(=O)CC[C@@H]1C(N)=O. The molecule has 1 aliphatic heterocycles. The lowest BCUT2D eigenvalue weighted by Gasteiger charge is -2.25. The van der Waals surface area contributed by atoms with Gasteiger partial charge in [0, 0.05) is 6.42 Å². The molecule has 0 unspecified atom stereocenters. The van der Waals surface area contributed by atoms with Gasteiger partial charge >= 0.3 is 6.09 Å². The van der Waals surface area contributed by atoms with E-state index < -0.39 is 29.6 Å². The zero-order chi connectivity index (χ0) is 12.5. The maximum atomic E-state index is 11.7. The average Bonchev–Trinajstić information content (AvgIpc) is 2.43. The van der Waals surface area contributed by atoms with E-state index in [2.05, 4.69) is 0 Å². The summed E-state index contributed by atoms with van der Waals surface area (Å²) in [6, 6.07) is -0.873. The van der Waals surface area contributed by atoms with Crippen molar-refractivity contribution in [3.8, 4) is 0 Å². The predicted octanol–water partition coefficient (Wildman–Crippen LogP) is 0.398. The number of primary amides is 1. The summed E-state index contributed by atoms with van der Waals surface area (Å²) in [5.74, 6) is -1.10. The second-order valence-corrected chi connectivity index (χ2v) is 4.70. The van der Waals surface area contributed by atoms with Gasteiger partial charge < -0.3 is 10.5 Å². The van der Waals surface area contributed by atoms with E-state index in [0.29, 0.717) is 0 Å². The number of imide groups is 1. The fourth-order valence-electron chi connectivity index (χ4n) is 1.49. The minimum absolute atomic E-state index is 0.146. The quantitative estimate of drug-likeness (QED) is 0.703. The Morgan fingerprint density at radius 2 is 2.00 bits per heavy atom. The summed E-state index contributed by atoms with van der Waals surface area (Å²) in [5, 5.41) is 0. The highest BCUT2D eigenvalue weighted by atomic mass is 16.6. The van der Waals surface area contributed by atoms with Crippen molar-refractivity contribution in [2.75, 3.05) is 0 Å². The number of rotatable bonds is 1. The number of carbonyl (C=O) groups is 3. The minimum Gasteiger partial charge on any atom is -0.443 e. The van der Waals surface area contributed by atoms with Gasteiger partial charge in [0.2, 0.25) is 11.8 Å². The van der Waals surface area contributed by atoms with Gasteiger partial charge in [-0.3, -0.25) is 9.59 Å². The van der Waals surface area contributed by atoms with Crippen molar-refractivity contribution >= 4 is 17.9 Å². The van der Waals surface area contributed by atoms with Gasteiger partial charge in [-0.25, -0.2) is 9.69 Å². The molecular weight excluding hydrogens is 212 g/mol. The standard InChI is InChI=1S/C10H16N2O4/c1-10(2,3)16-9(15)12-6(8(11)14)4-5-7(12)13/h6H,4-5H2,1-3H3,(H2,11,14)/t6-/m1/s1. The molecule has 0 aliphatic carbocycles. The van der Waals surface area contributed by atoms with Gasteiger partial charge in [0.15, 0.2) is 0 Å². The molecule has 1 aliphatic rings. The van der Waals surface area contributed by atoms with Gasteiger partial charge in [0.05, 0.1) is 0 Å². The van der Waals surface area contributed by atoms with Crippen LogP contribution in [0.1, 0.15) is 33.6 Å². The zero-order valence-electron chi connectivity index (χ0n) is 9.65. The van der Waals surface area contributed by atoms with Gasteiger partial charge in [0.25, 0.3) is 0 Å². The van der Waals surface area contributed by atoms with E-state index >= 15 is 0 Å². The molecule has 0 aromatic carbocycles. The van der Waals surface area contributed by atoms with Crippen LogP contribution in [0.4, 0.5) is 4.79 Å². The van der Waals surface area contributed by atoms with Crippen molar-refractivity contribution in [2.24, 2.45) is 5.73 Å². The monoisotopic (exact) mass is 228 g/mol. The molecule has 1 rings (SSSR count). The number of amides is 3. The maximum absolute atomic E-state index is 11.7. The van der Waals surface area contributed by atoms with Gasteiger partial charge in [0.1, 0.15) is 11.6 Å². The van der Waals surface area contributed by atoms with Crippen molar-refractivity contribution < 1.29 is 19.1 Å². The Morgan fingerprint density at radius 3 is 2.44 bits per heavy atom. The Balaban J connectivity index is 2.80. The maximum Gasteiger partial charge on any atom is 0.417 e. The number of hydrogen-bond donors (Lipinski definition) is 1. The van der Waals surface area contributed by atoms with Crippen molar-refractivity contribution in [1.29, 1.82) is 0 Å². The summed E-state index contributed by atoms with van der Waals surface area (Å²) >= 11 is 0. The third kappa shape index (κ3) is 2.71. The van der Waals surface area contributed by atoms with E-state index in [4.69, 9.17) is 10.5 Å². The third-order valence-corrected chi connectivity index (χ3v) is 2.13. The Hall–Kier alpha value is -1.59. The molecule has 1 atom stereocenters. The van der Waals surface area contributed by atoms with E-state index in [1.807, 2.05) is 0 Å². The molecule has 0 aromatic rings. The van der Waals surface area contributed by atoms with Crippen LogP contribution in [0.25, 0.3) is 0 Å². The third-order valence-electron chi connectivity index (χ3n) is 2.13. The van der Waals surface area contributed by atoms with Gasteiger partial charge in [-0.15, -0.1) is 0 Å². The molecule has 6 heteroatoms. The number of likely N-dealkylation sites (tertiary alicyclic amines) is 1. The Bertz CT molecular complexity index is 332. The molecule has 6 nitrogen and oxygen atoms in total. The first-order chi connectivity index (χ1) is 7.22. The first kappa shape index (κ1) is 12.5. The molecule has 1 saturated heterocycles. The predicted molar refractivity (Wildman–Crippen MR) is 55.3 cm³/mol. The van der Waals surface area contributed by atoms with Crippen molar-refractivity contribution in [3.05, 3.63) is 0 Å². The van der Waals surface area contributed by atoms with E-state index in [0.717, 1.165) is 4.90 Å². The number of carbonyl (C=O) groups excluding carboxylic acids is 3. The second-order valence-electron chi connectivity index (χ2n) is 4.70. The summed E-state index contributed by atoms with van der Waals surface area (Å²) in [7, 11) is 0. The van der Waals surface area contributed by atoms with E-state index in [9.17, 15) is 14.4 Å². The van der Waals surface area contributed by atoms with Crippen LogP contribution in [-0.4, -0.2) is 34.5 Å². The normalized spacial score (nSPS) is 21.1. The molecular formula is C10H16N2O4. The van der Waals surface area contributed by atoms with E-state index in [-0.39, 0.29) is 12.8 Å². The van der Waals surface area contributed by atoms with E-state index in [1.54, 1.807) is 20.8 Å². The fraction of sp³-hybridized carbons (Fsp3) is 0.700. The van der Waals surface area contributed by atoms with Crippen molar-refractivity contribution in [3.63, 3.8) is 0 Å². The Kier molecular flexibility index (Phi) is 3.21. The largest absolute Gasteiger partial charge is 0.443 e. The Labute approximate surface area is 93.7 Å².